The van der Waals surface area contributed by atoms with Crippen LogP contribution in [0.15, 0.2) is 47.5 Å². The molecule has 2 N–H and O–H groups in total. The van der Waals surface area contributed by atoms with E-state index in [-0.39, 0.29) is 17.0 Å². The molecule has 1 heterocycles. The van der Waals surface area contributed by atoms with E-state index in [4.69, 9.17) is 0 Å². The van der Waals surface area contributed by atoms with Crippen LogP contribution in [0.4, 0.5) is 0 Å². The van der Waals surface area contributed by atoms with Crippen LogP contribution in [0.1, 0.15) is 37.4 Å². The van der Waals surface area contributed by atoms with Crippen LogP contribution in [0.5, 0.6) is 0 Å². The van der Waals surface area contributed by atoms with Crippen molar-refractivity contribution in [2.75, 3.05) is 0 Å². The molecule has 0 spiro atoms. The van der Waals surface area contributed by atoms with Crippen LogP contribution >= 0.6 is 0 Å². The quantitative estimate of drug-likeness (QED) is 0.813. The maximum absolute atomic E-state index is 13.2. The van der Waals surface area contributed by atoms with E-state index in [0.717, 1.165) is 5.56 Å². The lowest BCUT2D eigenvalue weighted by Crippen LogP contribution is -2.44. The molecule has 1 atom stereocenters. The number of rotatable bonds is 7. The minimum Gasteiger partial charge on any atom is -0.480 e. The summed E-state index contributed by atoms with van der Waals surface area (Å²) in [6.45, 7) is 3.75. The molecule has 0 saturated heterocycles. The Bertz CT molecular complexity index is 763. The number of unbranched alkanes of at least 4 members (excludes halogenated alkanes) is 1. The molecule has 0 aliphatic carbocycles. The van der Waals surface area contributed by atoms with Gasteiger partial charge in [-0.1, -0.05) is 37.5 Å². The summed E-state index contributed by atoms with van der Waals surface area (Å²) in [5.74, 6) is -1.35. The number of aryl methyl sites for hydroxylation is 1. The van der Waals surface area contributed by atoms with Crippen molar-refractivity contribution in [1.82, 2.24) is 4.98 Å². The second-order valence-corrected chi connectivity index (χ2v) is 7.81. The Balaban J connectivity index is 2.69. The standard InChI is InChI=1S/C17H21NO4S/c1-3-4-11-17(16(19)20,15-6-5-12-18-15)23(21,22)14-9-7-13(2)8-10-14/h5-10,12,18H,3-4,11H2,1-2H3,(H,19,20). The predicted octanol–water partition coefficient (Wildman–Crippen LogP) is 3.27. The summed E-state index contributed by atoms with van der Waals surface area (Å²) >= 11 is 0. The summed E-state index contributed by atoms with van der Waals surface area (Å²) in [6.07, 6.45) is 2.77. The molecule has 0 saturated carbocycles. The maximum atomic E-state index is 13.2. The molecule has 0 amide bonds. The summed E-state index contributed by atoms with van der Waals surface area (Å²) in [4.78, 5) is 14.9. The van der Waals surface area contributed by atoms with E-state index in [9.17, 15) is 18.3 Å². The third-order valence-electron chi connectivity index (χ3n) is 4.05. The van der Waals surface area contributed by atoms with Gasteiger partial charge in [0, 0.05) is 11.9 Å². The van der Waals surface area contributed by atoms with Crippen molar-refractivity contribution < 1.29 is 18.3 Å². The average molecular weight is 335 g/mol. The Hall–Kier alpha value is -2.08. The number of carboxylic acids is 1. The number of nitrogens with one attached hydrogen (secondary N) is 1. The van der Waals surface area contributed by atoms with Gasteiger partial charge in [0.2, 0.25) is 14.6 Å². The summed E-state index contributed by atoms with van der Waals surface area (Å²) in [5.41, 5.74) is 1.11. The highest BCUT2D eigenvalue weighted by Gasteiger charge is 2.53. The van der Waals surface area contributed by atoms with Crippen LogP contribution in [-0.2, 0) is 19.4 Å². The zero-order valence-corrected chi connectivity index (χ0v) is 14.1. The van der Waals surface area contributed by atoms with Gasteiger partial charge in [-0.05, 0) is 37.6 Å². The minimum atomic E-state index is -4.10. The van der Waals surface area contributed by atoms with E-state index in [1.165, 1.54) is 18.2 Å². The molecular weight excluding hydrogens is 314 g/mol. The summed E-state index contributed by atoms with van der Waals surface area (Å²) in [5, 5.41) is 9.87. The predicted molar refractivity (Wildman–Crippen MR) is 88.0 cm³/mol. The Labute approximate surface area is 136 Å². The van der Waals surface area contributed by atoms with Gasteiger partial charge in [0.1, 0.15) is 0 Å². The fourth-order valence-corrected chi connectivity index (χ4v) is 4.63. The van der Waals surface area contributed by atoms with Gasteiger partial charge in [0.25, 0.3) is 0 Å². The lowest BCUT2D eigenvalue weighted by atomic mass is 9.97. The largest absolute Gasteiger partial charge is 0.480 e. The van der Waals surface area contributed by atoms with E-state index < -0.39 is 20.6 Å². The average Bonchev–Trinajstić information content (AvgIpc) is 3.02. The lowest BCUT2D eigenvalue weighted by molar-refractivity contribution is -0.140. The molecule has 2 aromatic rings. The first-order valence-electron chi connectivity index (χ1n) is 7.55. The summed E-state index contributed by atoms with van der Waals surface area (Å²) < 4.78 is 24.4. The molecule has 1 aromatic heterocycles. The third kappa shape index (κ3) is 2.91. The Morgan fingerprint density at radius 2 is 1.87 bits per heavy atom. The molecule has 0 aliphatic rings. The van der Waals surface area contributed by atoms with E-state index in [2.05, 4.69) is 4.98 Å². The zero-order valence-electron chi connectivity index (χ0n) is 13.2. The normalized spacial score (nSPS) is 14.3. The second-order valence-electron chi connectivity index (χ2n) is 5.64. The van der Waals surface area contributed by atoms with Crippen molar-refractivity contribution in [3.8, 4) is 0 Å². The number of aromatic amines is 1. The number of carbonyl (C=O) groups is 1. The van der Waals surface area contributed by atoms with Crippen LogP contribution in [-0.4, -0.2) is 24.5 Å². The highest BCUT2D eigenvalue weighted by Crippen LogP contribution is 2.39. The first-order valence-corrected chi connectivity index (χ1v) is 9.03. The van der Waals surface area contributed by atoms with Gasteiger partial charge in [-0.3, -0.25) is 4.79 Å². The van der Waals surface area contributed by atoms with Crippen LogP contribution in [0.2, 0.25) is 0 Å². The van der Waals surface area contributed by atoms with Gasteiger partial charge in [0.15, 0.2) is 0 Å². The van der Waals surface area contributed by atoms with Gasteiger partial charge in [-0.2, -0.15) is 0 Å². The number of carboxylic acid groups (broad SMARTS) is 1. The van der Waals surface area contributed by atoms with Crippen molar-refractivity contribution in [3.63, 3.8) is 0 Å². The van der Waals surface area contributed by atoms with Gasteiger partial charge in [-0.15, -0.1) is 0 Å². The first-order chi connectivity index (χ1) is 10.9. The molecule has 5 nitrogen and oxygen atoms in total. The molecule has 23 heavy (non-hydrogen) atoms. The summed E-state index contributed by atoms with van der Waals surface area (Å²) in [7, 11) is -4.10. The van der Waals surface area contributed by atoms with Crippen molar-refractivity contribution in [3.05, 3.63) is 53.9 Å². The Kier molecular flexibility index (Phi) is 4.94. The van der Waals surface area contributed by atoms with Crippen LogP contribution < -0.4 is 0 Å². The van der Waals surface area contributed by atoms with Crippen molar-refractivity contribution in [2.24, 2.45) is 0 Å². The van der Waals surface area contributed by atoms with Crippen molar-refractivity contribution in [1.29, 1.82) is 0 Å². The molecule has 6 heteroatoms. The second kappa shape index (κ2) is 6.58. The molecule has 1 aromatic carbocycles. The van der Waals surface area contributed by atoms with Gasteiger partial charge in [0.05, 0.1) is 4.90 Å². The first kappa shape index (κ1) is 17.3. The number of hydrogen-bond acceptors (Lipinski definition) is 3. The van der Waals surface area contributed by atoms with Gasteiger partial charge in [-0.25, -0.2) is 8.42 Å². The molecule has 0 fully saturated rings. The molecule has 1 unspecified atom stereocenters. The summed E-state index contributed by atoms with van der Waals surface area (Å²) in [6, 6.07) is 9.43. The number of hydrogen-bond donors (Lipinski definition) is 2. The van der Waals surface area contributed by atoms with Crippen molar-refractivity contribution in [2.45, 2.75) is 42.8 Å². The minimum absolute atomic E-state index is 0.0234. The number of aromatic nitrogens is 1. The highest BCUT2D eigenvalue weighted by atomic mass is 32.2. The van der Waals surface area contributed by atoms with E-state index >= 15 is 0 Å². The maximum Gasteiger partial charge on any atom is 0.331 e. The van der Waals surface area contributed by atoms with Gasteiger partial charge < -0.3 is 10.1 Å². The highest BCUT2D eigenvalue weighted by molar-refractivity contribution is 7.93. The zero-order chi connectivity index (χ0) is 17.1. The molecular formula is C17H21NO4S. The molecule has 0 bridgehead atoms. The Morgan fingerprint density at radius 3 is 2.35 bits per heavy atom. The number of H-pyrrole nitrogens is 1. The van der Waals surface area contributed by atoms with Crippen molar-refractivity contribution >= 4 is 15.8 Å². The fourth-order valence-electron chi connectivity index (χ4n) is 2.68. The van der Waals surface area contributed by atoms with E-state index in [0.29, 0.717) is 12.8 Å². The number of benzene rings is 1. The van der Waals surface area contributed by atoms with Crippen LogP contribution in [0.25, 0.3) is 0 Å². The van der Waals surface area contributed by atoms with Crippen LogP contribution in [0, 0.1) is 6.92 Å². The topological polar surface area (TPSA) is 87.2 Å². The lowest BCUT2D eigenvalue weighted by Gasteiger charge is -2.28. The molecule has 0 radical (unpaired) electrons. The van der Waals surface area contributed by atoms with E-state index in [1.807, 2.05) is 13.8 Å². The smallest absolute Gasteiger partial charge is 0.331 e. The van der Waals surface area contributed by atoms with Gasteiger partial charge >= 0.3 is 5.97 Å². The molecule has 124 valence electrons. The number of sulfone groups is 1. The Morgan fingerprint density at radius 1 is 1.22 bits per heavy atom. The fraction of sp³-hybridized carbons (Fsp3) is 0.353. The molecule has 2 rings (SSSR count). The third-order valence-corrected chi connectivity index (χ3v) is 6.46. The number of aliphatic carboxylic acids is 1. The SMILES string of the molecule is CCCCC(C(=O)O)(c1ccc[nH]1)S(=O)(=O)c1ccc(C)cc1. The monoisotopic (exact) mass is 335 g/mol. The van der Waals surface area contributed by atoms with Crippen LogP contribution in [0.3, 0.4) is 0 Å². The molecule has 0 aliphatic heterocycles. The van der Waals surface area contributed by atoms with E-state index in [1.54, 1.807) is 24.4 Å².